The zero-order valence-electron chi connectivity index (χ0n) is 9.02. The minimum atomic E-state index is -0.0191. The Kier molecular flexibility index (Phi) is 3.72. The van der Waals surface area contributed by atoms with E-state index in [1.165, 1.54) is 6.07 Å². The number of carbonyl (C=O) groups is 1. The summed E-state index contributed by atoms with van der Waals surface area (Å²) in [5, 5.41) is 12.5. The summed E-state index contributed by atoms with van der Waals surface area (Å²) in [6, 6.07) is 1.51. The number of aromatic hydroxyl groups is 1. The van der Waals surface area contributed by atoms with Gasteiger partial charge in [0.15, 0.2) is 5.78 Å². The Hall–Kier alpha value is -1.06. The number of nitrogens with one attached hydrogen (secondary N) is 1. The fourth-order valence-electron chi connectivity index (χ4n) is 1.62. The normalized spacial score (nSPS) is 10.4. The number of phenolic OH excluding ortho intramolecular Hbond substituents is 1. The molecule has 0 saturated heterocycles. The molecule has 1 rings (SSSR count). The largest absolute Gasteiger partial charge is 0.506 e. The Morgan fingerprint density at radius 2 is 2.13 bits per heavy atom. The molecule has 15 heavy (non-hydrogen) atoms. The van der Waals surface area contributed by atoms with E-state index in [0.717, 1.165) is 5.56 Å². The first kappa shape index (κ1) is 12.0. The van der Waals surface area contributed by atoms with E-state index in [1.807, 2.05) is 0 Å². The molecule has 3 nitrogen and oxygen atoms in total. The third-order valence-corrected chi connectivity index (χ3v) is 2.77. The Labute approximate surface area is 94.1 Å². The molecular formula is C11H14ClNO2. The van der Waals surface area contributed by atoms with Gasteiger partial charge in [0, 0.05) is 5.56 Å². The molecule has 0 aromatic heterocycles. The highest BCUT2D eigenvalue weighted by molar-refractivity contribution is 6.33. The van der Waals surface area contributed by atoms with Crippen molar-refractivity contribution in [3.8, 4) is 5.75 Å². The summed E-state index contributed by atoms with van der Waals surface area (Å²) in [6.45, 7) is 3.78. The molecule has 0 aliphatic heterocycles. The zero-order valence-corrected chi connectivity index (χ0v) is 9.77. The summed E-state index contributed by atoms with van der Waals surface area (Å²) in [6.07, 6.45) is 0. The number of likely N-dealkylation sites (N-methyl/N-ethyl adjacent to an activating group) is 1. The topological polar surface area (TPSA) is 49.3 Å². The number of hydrogen-bond donors (Lipinski definition) is 2. The Balaban J connectivity index is 3.29. The Morgan fingerprint density at radius 1 is 1.53 bits per heavy atom. The second-order valence-electron chi connectivity index (χ2n) is 3.48. The molecule has 0 spiro atoms. The van der Waals surface area contributed by atoms with Crippen LogP contribution >= 0.6 is 11.6 Å². The van der Waals surface area contributed by atoms with Gasteiger partial charge >= 0.3 is 0 Å². The van der Waals surface area contributed by atoms with Gasteiger partial charge in [-0.05, 0) is 38.1 Å². The van der Waals surface area contributed by atoms with E-state index in [9.17, 15) is 9.90 Å². The molecule has 1 aromatic rings. The number of carbonyl (C=O) groups excluding carboxylic acids is 1. The molecule has 0 amide bonds. The maximum Gasteiger partial charge on any atom is 0.177 e. The van der Waals surface area contributed by atoms with Crippen LogP contribution in [0.3, 0.4) is 0 Å². The van der Waals surface area contributed by atoms with Gasteiger partial charge in [-0.2, -0.15) is 0 Å². The van der Waals surface area contributed by atoms with Crippen LogP contribution in [0.1, 0.15) is 21.5 Å². The van der Waals surface area contributed by atoms with Crippen molar-refractivity contribution in [1.82, 2.24) is 5.32 Å². The van der Waals surface area contributed by atoms with Gasteiger partial charge in [-0.15, -0.1) is 0 Å². The van der Waals surface area contributed by atoms with Crippen molar-refractivity contribution in [2.24, 2.45) is 0 Å². The summed E-state index contributed by atoms with van der Waals surface area (Å²) in [5.41, 5.74) is 1.97. The van der Waals surface area contributed by atoms with Crippen LogP contribution in [0.4, 0.5) is 0 Å². The maximum atomic E-state index is 11.7. The van der Waals surface area contributed by atoms with Gasteiger partial charge in [-0.25, -0.2) is 0 Å². The number of ketones is 1. The second kappa shape index (κ2) is 4.64. The van der Waals surface area contributed by atoms with E-state index < -0.39 is 0 Å². The lowest BCUT2D eigenvalue weighted by Gasteiger charge is -2.11. The van der Waals surface area contributed by atoms with Crippen molar-refractivity contribution in [3.05, 3.63) is 27.8 Å². The predicted octanol–water partition coefficient (Wildman–Crippen LogP) is 2.06. The lowest BCUT2D eigenvalue weighted by atomic mass is 9.98. The summed E-state index contributed by atoms with van der Waals surface area (Å²) < 4.78 is 0. The fourth-order valence-corrected chi connectivity index (χ4v) is 1.77. The predicted molar refractivity (Wildman–Crippen MR) is 60.8 cm³/mol. The van der Waals surface area contributed by atoms with Gasteiger partial charge in [0.05, 0.1) is 11.6 Å². The summed E-state index contributed by atoms with van der Waals surface area (Å²) in [4.78, 5) is 11.7. The lowest BCUT2D eigenvalue weighted by Crippen LogP contribution is -2.20. The number of rotatable bonds is 3. The highest BCUT2D eigenvalue weighted by Crippen LogP contribution is 2.31. The molecule has 82 valence electrons. The number of benzene rings is 1. The summed E-state index contributed by atoms with van der Waals surface area (Å²) in [7, 11) is 1.71. The highest BCUT2D eigenvalue weighted by Gasteiger charge is 2.16. The molecule has 0 unspecified atom stereocenters. The van der Waals surface area contributed by atoms with Crippen LogP contribution in [0.2, 0.25) is 5.02 Å². The van der Waals surface area contributed by atoms with E-state index in [2.05, 4.69) is 5.32 Å². The van der Waals surface area contributed by atoms with Crippen molar-refractivity contribution in [1.29, 1.82) is 0 Å². The average Bonchev–Trinajstić information content (AvgIpc) is 2.15. The summed E-state index contributed by atoms with van der Waals surface area (Å²) >= 11 is 5.88. The first-order chi connectivity index (χ1) is 6.99. The van der Waals surface area contributed by atoms with Crippen molar-refractivity contribution in [2.75, 3.05) is 13.6 Å². The molecule has 1 aromatic carbocycles. The quantitative estimate of drug-likeness (QED) is 0.778. The van der Waals surface area contributed by atoms with Gasteiger partial charge in [0.25, 0.3) is 0 Å². The molecule has 0 bridgehead atoms. The fraction of sp³-hybridized carbons (Fsp3) is 0.364. The molecule has 0 saturated carbocycles. The molecule has 0 atom stereocenters. The molecular weight excluding hydrogens is 214 g/mol. The first-order valence-electron chi connectivity index (χ1n) is 4.65. The minimum absolute atomic E-state index is 0.0191. The highest BCUT2D eigenvalue weighted by atomic mass is 35.5. The number of halogens is 1. The zero-order chi connectivity index (χ0) is 11.6. The van der Waals surface area contributed by atoms with E-state index >= 15 is 0 Å². The monoisotopic (exact) mass is 227 g/mol. The van der Waals surface area contributed by atoms with Gasteiger partial charge < -0.3 is 10.4 Å². The molecule has 0 heterocycles. The van der Waals surface area contributed by atoms with E-state index in [1.54, 1.807) is 20.9 Å². The number of Topliss-reactive ketones (excluding diaryl/α,β-unsaturated/α-hetero) is 1. The molecule has 4 heteroatoms. The van der Waals surface area contributed by atoms with E-state index in [0.29, 0.717) is 11.1 Å². The van der Waals surface area contributed by atoms with Crippen LogP contribution in [0.5, 0.6) is 5.75 Å². The van der Waals surface area contributed by atoms with E-state index in [-0.39, 0.29) is 23.1 Å². The molecule has 0 fully saturated rings. The van der Waals surface area contributed by atoms with Crippen LogP contribution in [-0.2, 0) is 0 Å². The first-order valence-corrected chi connectivity index (χ1v) is 5.03. The number of phenols is 1. The number of hydrogen-bond acceptors (Lipinski definition) is 3. The van der Waals surface area contributed by atoms with Gasteiger partial charge in [-0.3, -0.25) is 4.79 Å². The van der Waals surface area contributed by atoms with Crippen LogP contribution in [-0.4, -0.2) is 24.5 Å². The maximum absolute atomic E-state index is 11.7. The Morgan fingerprint density at radius 3 is 2.67 bits per heavy atom. The third kappa shape index (κ3) is 2.30. The third-order valence-electron chi connectivity index (χ3n) is 2.29. The van der Waals surface area contributed by atoms with Crippen molar-refractivity contribution < 1.29 is 9.90 Å². The molecule has 0 radical (unpaired) electrons. The van der Waals surface area contributed by atoms with Gasteiger partial charge in [-0.1, -0.05) is 11.6 Å². The summed E-state index contributed by atoms with van der Waals surface area (Å²) in [5.74, 6) is 0.00192. The Bertz CT molecular complexity index is 402. The van der Waals surface area contributed by atoms with Crippen LogP contribution in [0.25, 0.3) is 0 Å². The standard InChI is InChI=1S/C11H14ClNO2/c1-6-4-8(14)11(12)7(2)10(6)9(15)5-13-3/h4,13-14H,5H2,1-3H3. The number of aryl methyl sites for hydroxylation is 1. The SMILES string of the molecule is CNCC(=O)c1c(C)cc(O)c(Cl)c1C. The average molecular weight is 228 g/mol. The van der Waals surface area contributed by atoms with Crippen LogP contribution in [0.15, 0.2) is 6.07 Å². The molecule has 2 N–H and O–H groups in total. The smallest absolute Gasteiger partial charge is 0.177 e. The van der Waals surface area contributed by atoms with Crippen molar-refractivity contribution in [2.45, 2.75) is 13.8 Å². The van der Waals surface area contributed by atoms with Gasteiger partial charge in [0.1, 0.15) is 5.75 Å². The van der Waals surface area contributed by atoms with Crippen LogP contribution < -0.4 is 5.32 Å². The lowest BCUT2D eigenvalue weighted by molar-refractivity contribution is 0.0992. The second-order valence-corrected chi connectivity index (χ2v) is 3.86. The van der Waals surface area contributed by atoms with Crippen molar-refractivity contribution >= 4 is 17.4 Å². The van der Waals surface area contributed by atoms with Crippen molar-refractivity contribution in [3.63, 3.8) is 0 Å². The minimum Gasteiger partial charge on any atom is -0.506 e. The van der Waals surface area contributed by atoms with E-state index in [4.69, 9.17) is 11.6 Å². The molecule has 0 aliphatic carbocycles. The molecule has 0 aliphatic rings. The van der Waals surface area contributed by atoms with Crippen LogP contribution in [0, 0.1) is 13.8 Å². The van der Waals surface area contributed by atoms with Gasteiger partial charge in [0.2, 0.25) is 0 Å².